The molecule has 1 fully saturated rings. The number of phenols is 1. The maximum atomic E-state index is 14.4. The van der Waals surface area contributed by atoms with Crippen molar-refractivity contribution in [1.29, 1.82) is 0 Å². The zero-order valence-corrected chi connectivity index (χ0v) is 21.9. The average molecular weight is 549 g/mol. The smallest absolute Gasteiger partial charge is 0.238 e. The molecule has 5 aromatic rings. The molecule has 0 aliphatic carbocycles. The van der Waals surface area contributed by atoms with E-state index in [2.05, 4.69) is 4.98 Å². The monoisotopic (exact) mass is 548 g/mol. The quantitative estimate of drug-likeness (QED) is 0.246. The van der Waals surface area contributed by atoms with Crippen LogP contribution in [0.15, 0.2) is 54.7 Å². The first-order chi connectivity index (χ1) is 18.9. The topological polar surface area (TPSA) is 105 Å². The molecule has 1 saturated heterocycles. The van der Waals surface area contributed by atoms with Gasteiger partial charge >= 0.3 is 0 Å². The van der Waals surface area contributed by atoms with Crippen molar-refractivity contribution in [2.75, 3.05) is 19.5 Å². The fourth-order valence-corrected chi connectivity index (χ4v) is 5.13. The number of phenolic OH excluding ortho intramolecular Hbond substituents is 1. The number of pyridine rings is 1. The maximum Gasteiger partial charge on any atom is 0.238 e. The highest BCUT2D eigenvalue weighted by atomic mass is 35.5. The molecule has 8 nitrogen and oxygen atoms in total. The van der Waals surface area contributed by atoms with E-state index in [9.17, 15) is 9.50 Å². The van der Waals surface area contributed by atoms with E-state index in [-0.39, 0.29) is 29.9 Å². The Morgan fingerprint density at radius 3 is 2.72 bits per heavy atom. The van der Waals surface area contributed by atoms with Crippen LogP contribution >= 0.6 is 11.6 Å². The summed E-state index contributed by atoms with van der Waals surface area (Å²) in [5.74, 6) is -0.432. The van der Waals surface area contributed by atoms with E-state index in [0.29, 0.717) is 33.7 Å². The van der Waals surface area contributed by atoms with Gasteiger partial charge in [-0.05, 0) is 54.7 Å². The summed E-state index contributed by atoms with van der Waals surface area (Å²) in [4.78, 5) is 4.50. The molecular weight excluding hydrogens is 523 g/mol. The first-order valence-corrected chi connectivity index (χ1v) is 13.0. The largest absolute Gasteiger partial charge is 0.505 e. The van der Waals surface area contributed by atoms with Crippen LogP contribution in [0.1, 0.15) is 31.1 Å². The van der Waals surface area contributed by atoms with Gasteiger partial charge in [-0.1, -0.05) is 29.8 Å². The molecule has 0 saturated carbocycles. The van der Waals surface area contributed by atoms with Gasteiger partial charge in [-0.3, -0.25) is 0 Å². The lowest BCUT2D eigenvalue weighted by Gasteiger charge is -2.22. The van der Waals surface area contributed by atoms with E-state index in [0.717, 1.165) is 36.0 Å². The minimum absolute atomic E-state index is 0.143. The normalized spacial score (nSPS) is 15.6. The Kier molecular flexibility index (Phi) is 6.62. The number of hydrogen-bond acceptors (Lipinski definition) is 7. The average Bonchev–Trinajstić information content (AvgIpc) is 3.41. The molecule has 10 heteroatoms. The molecule has 0 spiro atoms. The standard InChI is InChI=1S/C29H26ClFN4O4/c1-37-17-7-5-16(6-8-17)15-39-29-27(32)26(19-12-24(36)22(31)13-23(19)33-29)18-9-10-21(30)28-20(18)14-35(34-28)25-4-2-3-11-38-25/h5-10,12-14,25,36H,2-4,11,15,32H2,1H3. The SMILES string of the molecule is COc1ccc(COc2nc3cc(F)c(O)cc3c(-c3ccc(Cl)c4nn(C5CCCCO5)cc34)c2N)cc1. The number of rotatable bonds is 6. The second kappa shape index (κ2) is 10.2. The van der Waals surface area contributed by atoms with Crippen LogP contribution in [0, 0.1) is 5.82 Å². The van der Waals surface area contributed by atoms with Gasteiger partial charge in [0, 0.05) is 35.2 Å². The number of aromatic nitrogens is 3. The zero-order chi connectivity index (χ0) is 27.1. The molecule has 1 aliphatic heterocycles. The van der Waals surface area contributed by atoms with Gasteiger partial charge in [-0.25, -0.2) is 14.1 Å². The summed E-state index contributed by atoms with van der Waals surface area (Å²) in [5.41, 5.74) is 9.90. The highest BCUT2D eigenvalue weighted by Crippen LogP contribution is 2.44. The van der Waals surface area contributed by atoms with E-state index in [1.54, 1.807) is 17.9 Å². The molecular formula is C29H26ClFN4O4. The molecule has 1 atom stereocenters. The highest BCUT2D eigenvalue weighted by Gasteiger charge is 2.23. The minimum Gasteiger partial charge on any atom is -0.505 e. The van der Waals surface area contributed by atoms with Gasteiger partial charge in [0.2, 0.25) is 5.88 Å². The number of fused-ring (bicyclic) bond motifs is 2. The Balaban J connectivity index is 1.50. The predicted molar refractivity (Wildman–Crippen MR) is 148 cm³/mol. The molecule has 1 aliphatic rings. The number of ether oxygens (including phenoxy) is 3. The minimum atomic E-state index is -0.796. The second-order valence-corrected chi connectivity index (χ2v) is 9.86. The van der Waals surface area contributed by atoms with Crippen molar-refractivity contribution in [3.8, 4) is 28.5 Å². The maximum absolute atomic E-state index is 14.4. The van der Waals surface area contributed by atoms with Crippen LogP contribution in [-0.2, 0) is 11.3 Å². The van der Waals surface area contributed by atoms with Crippen molar-refractivity contribution in [2.45, 2.75) is 32.1 Å². The molecule has 1 unspecified atom stereocenters. The number of hydrogen-bond donors (Lipinski definition) is 2. The number of benzene rings is 3. The van der Waals surface area contributed by atoms with Gasteiger partial charge in [0.1, 0.15) is 29.8 Å². The number of halogens is 2. The molecule has 3 heterocycles. The number of nitrogen functional groups attached to an aromatic ring is 1. The molecule has 39 heavy (non-hydrogen) atoms. The molecule has 3 aromatic carbocycles. The third kappa shape index (κ3) is 4.68. The van der Waals surface area contributed by atoms with Crippen molar-refractivity contribution >= 4 is 39.1 Å². The van der Waals surface area contributed by atoms with Gasteiger partial charge in [0.15, 0.2) is 11.6 Å². The van der Waals surface area contributed by atoms with Crippen molar-refractivity contribution in [3.63, 3.8) is 0 Å². The third-order valence-corrected chi connectivity index (χ3v) is 7.26. The summed E-state index contributed by atoms with van der Waals surface area (Å²) in [6.45, 7) is 0.850. The van der Waals surface area contributed by atoms with Crippen molar-refractivity contribution in [1.82, 2.24) is 14.8 Å². The van der Waals surface area contributed by atoms with Crippen molar-refractivity contribution < 1.29 is 23.7 Å². The Morgan fingerprint density at radius 2 is 1.97 bits per heavy atom. The summed E-state index contributed by atoms with van der Waals surface area (Å²) in [6, 6.07) is 13.5. The van der Waals surface area contributed by atoms with E-state index in [1.165, 1.54) is 12.1 Å². The van der Waals surface area contributed by atoms with E-state index in [4.69, 9.17) is 36.6 Å². The number of nitrogens with two attached hydrogens (primary N) is 1. The van der Waals surface area contributed by atoms with E-state index in [1.807, 2.05) is 36.5 Å². The van der Waals surface area contributed by atoms with Gasteiger partial charge in [-0.2, -0.15) is 5.10 Å². The van der Waals surface area contributed by atoms with Gasteiger partial charge in [0.05, 0.1) is 17.6 Å². The molecule has 0 amide bonds. The molecule has 3 N–H and O–H groups in total. The van der Waals surface area contributed by atoms with Crippen LogP contribution in [0.25, 0.3) is 32.9 Å². The molecule has 200 valence electrons. The zero-order valence-electron chi connectivity index (χ0n) is 21.2. The van der Waals surface area contributed by atoms with Crippen LogP contribution in [0.2, 0.25) is 5.02 Å². The summed E-state index contributed by atoms with van der Waals surface area (Å²) < 4.78 is 33.4. The van der Waals surface area contributed by atoms with Crippen LogP contribution < -0.4 is 15.2 Å². The fraction of sp³-hybridized carbons (Fsp3) is 0.241. The Morgan fingerprint density at radius 1 is 1.15 bits per heavy atom. The van der Waals surface area contributed by atoms with Crippen molar-refractivity contribution in [2.24, 2.45) is 0 Å². The third-order valence-electron chi connectivity index (χ3n) is 6.96. The van der Waals surface area contributed by atoms with Crippen molar-refractivity contribution in [3.05, 3.63) is 71.1 Å². The predicted octanol–water partition coefficient (Wildman–Crippen LogP) is 6.62. The lowest BCUT2D eigenvalue weighted by Crippen LogP contribution is -2.18. The van der Waals surface area contributed by atoms with Crippen LogP contribution in [0.3, 0.4) is 0 Å². The highest BCUT2D eigenvalue weighted by molar-refractivity contribution is 6.35. The lowest BCUT2D eigenvalue weighted by molar-refractivity contribution is -0.0390. The summed E-state index contributed by atoms with van der Waals surface area (Å²) >= 11 is 6.56. The summed E-state index contributed by atoms with van der Waals surface area (Å²) in [5, 5.41) is 16.6. The van der Waals surface area contributed by atoms with Gasteiger partial charge < -0.3 is 25.1 Å². The Bertz CT molecular complexity index is 1680. The second-order valence-electron chi connectivity index (χ2n) is 9.45. The molecule has 2 aromatic heterocycles. The van der Waals surface area contributed by atoms with Crippen LogP contribution in [-0.4, -0.2) is 33.6 Å². The van der Waals surface area contributed by atoms with E-state index >= 15 is 0 Å². The first-order valence-electron chi connectivity index (χ1n) is 12.6. The number of anilines is 1. The number of nitrogens with zero attached hydrogens (tertiary/aromatic N) is 3. The van der Waals surface area contributed by atoms with Crippen LogP contribution in [0.4, 0.5) is 10.1 Å². The Labute approximate surface area is 228 Å². The summed E-state index contributed by atoms with van der Waals surface area (Å²) in [6.07, 6.45) is 4.60. The van der Waals surface area contributed by atoms with Crippen LogP contribution in [0.5, 0.6) is 17.4 Å². The van der Waals surface area contributed by atoms with Gasteiger partial charge in [0.25, 0.3) is 0 Å². The van der Waals surface area contributed by atoms with E-state index < -0.39 is 11.6 Å². The number of methoxy groups -OCH3 is 1. The fourth-order valence-electron chi connectivity index (χ4n) is 4.93. The summed E-state index contributed by atoms with van der Waals surface area (Å²) in [7, 11) is 1.60. The lowest BCUT2D eigenvalue weighted by atomic mass is 9.96. The molecule has 0 radical (unpaired) electrons. The number of aromatic hydroxyl groups is 1. The Hall–Kier alpha value is -4.08. The first kappa shape index (κ1) is 25.2. The molecule has 0 bridgehead atoms. The molecule has 6 rings (SSSR count). The van der Waals surface area contributed by atoms with Gasteiger partial charge in [-0.15, -0.1) is 0 Å².